The maximum atomic E-state index is 9.09. The van der Waals surface area contributed by atoms with Crippen LogP contribution in [-0.2, 0) is 0 Å². The Morgan fingerprint density at radius 3 is 2.56 bits per heavy atom. The average Bonchev–Trinajstić information content (AvgIpc) is 2.94. The van der Waals surface area contributed by atoms with E-state index in [4.69, 9.17) is 9.52 Å². The zero-order valence-corrected chi connectivity index (χ0v) is 10.5. The summed E-state index contributed by atoms with van der Waals surface area (Å²) in [5.74, 6) is 1.12. The van der Waals surface area contributed by atoms with Gasteiger partial charge in [0.15, 0.2) is 0 Å². The average molecular weight is 245 g/mol. The third-order valence-corrected chi connectivity index (χ3v) is 2.94. The number of nitrogens with one attached hydrogen (secondary N) is 1. The molecule has 1 aromatic carbocycles. The Bertz CT molecular complexity index is 439. The van der Waals surface area contributed by atoms with Gasteiger partial charge in [0.1, 0.15) is 5.76 Å². The Hall–Kier alpha value is -1.58. The SMILES string of the molecule is CC(CO)CNC(c1ccccc1)c1ccco1. The molecule has 2 N–H and O–H groups in total. The molecule has 1 heterocycles. The first-order valence-electron chi connectivity index (χ1n) is 6.24. The minimum atomic E-state index is 0.0372. The van der Waals surface area contributed by atoms with Crippen molar-refractivity contribution < 1.29 is 9.52 Å². The first-order chi connectivity index (χ1) is 8.81. The van der Waals surface area contributed by atoms with Gasteiger partial charge in [0.25, 0.3) is 0 Å². The molecule has 2 rings (SSSR count). The van der Waals surface area contributed by atoms with Gasteiger partial charge in [-0.2, -0.15) is 0 Å². The summed E-state index contributed by atoms with van der Waals surface area (Å²) in [5, 5.41) is 12.5. The van der Waals surface area contributed by atoms with Gasteiger partial charge in [-0.1, -0.05) is 37.3 Å². The van der Waals surface area contributed by atoms with Crippen molar-refractivity contribution in [3.63, 3.8) is 0 Å². The van der Waals surface area contributed by atoms with Gasteiger partial charge in [-0.25, -0.2) is 0 Å². The Labute approximate surface area is 107 Å². The Morgan fingerprint density at radius 1 is 1.17 bits per heavy atom. The van der Waals surface area contributed by atoms with E-state index in [1.165, 1.54) is 0 Å². The smallest absolute Gasteiger partial charge is 0.125 e. The molecule has 0 bridgehead atoms. The maximum absolute atomic E-state index is 9.09. The summed E-state index contributed by atoms with van der Waals surface area (Å²) in [5.41, 5.74) is 1.16. The van der Waals surface area contributed by atoms with Crippen LogP contribution in [0.1, 0.15) is 24.3 Å². The number of benzene rings is 1. The quantitative estimate of drug-likeness (QED) is 0.822. The van der Waals surface area contributed by atoms with E-state index in [0.29, 0.717) is 0 Å². The molecule has 3 nitrogen and oxygen atoms in total. The molecule has 0 fully saturated rings. The Balaban J connectivity index is 2.14. The van der Waals surface area contributed by atoms with Crippen LogP contribution in [0.3, 0.4) is 0 Å². The highest BCUT2D eigenvalue weighted by atomic mass is 16.3. The highest BCUT2D eigenvalue weighted by molar-refractivity contribution is 5.26. The summed E-state index contributed by atoms with van der Waals surface area (Å²) in [4.78, 5) is 0. The maximum Gasteiger partial charge on any atom is 0.125 e. The van der Waals surface area contributed by atoms with Gasteiger partial charge in [-0.05, 0) is 23.6 Å². The van der Waals surface area contributed by atoms with E-state index in [2.05, 4.69) is 17.4 Å². The Morgan fingerprint density at radius 2 is 1.94 bits per heavy atom. The largest absolute Gasteiger partial charge is 0.467 e. The molecule has 0 aliphatic carbocycles. The molecular weight excluding hydrogens is 226 g/mol. The fourth-order valence-electron chi connectivity index (χ4n) is 1.87. The first-order valence-corrected chi connectivity index (χ1v) is 6.24. The minimum Gasteiger partial charge on any atom is -0.467 e. The van der Waals surface area contributed by atoms with Crippen LogP contribution in [0.15, 0.2) is 53.1 Å². The third-order valence-electron chi connectivity index (χ3n) is 2.94. The van der Waals surface area contributed by atoms with Crippen molar-refractivity contribution in [3.8, 4) is 0 Å². The number of rotatable bonds is 6. The summed E-state index contributed by atoms with van der Waals surface area (Å²) >= 11 is 0. The van der Waals surface area contributed by atoms with Gasteiger partial charge in [-0.15, -0.1) is 0 Å². The van der Waals surface area contributed by atoms with E-state index in [1.807, 2.05) is 37.3 Å². The molecule has 0 saturated carbocycles. The molecule has 1 aromatic heterocycles. The molecule has 2 aromatic rings. The summed E-state index contributed by atoms with van der Waals surface area (Å²) < 4.78 is 5.49. The Kier molecular flexibility index (Phi) is 4.56. The van der Waals surface area contributed by atoms with Crippen LogP contribution >= 0.6 is 0 Å². The van der Waals surface area contributed by atoms with Gasteiger partial charge in [0.2, 0.25) is 0 Å². The molecule has 0 aliphatic rings. The van der Waals surface area contributed by atoms with Crippen LogP contribution in [0.25, 0.3) is 0 Å². The first kappa shape index (κ1) is 12.9. The number of furan rings is 1. The predicted octanol–water partition coefficient (Wildman–Crippen LogP) is 2.59. The van der Waals surface area contributed by atoms with Gasteiger partial charge >= 0.3 is 0 Å². The molecule has 0 spiro atoms. The lowest BCUT2D eigenvalue weighted by molar-refractivity contribution is 0.230. The minimum absolute atomic E-state index is 0.0372. The molecule has 96 valence electrons. The zero-order valence-electron chi connectivity index (χ0n) is 10.5. The molecule has 0 aliphatic heterocycles. The molecule has 0 amide bonds. The third kappa shape index (κ3) is 3.22. The van der Waals surface area contributed by atoms with E-state index in [-0.39, 0.29) is 18.6 Å². The van der Waals surface area contributed by atoms with Crippen molar-refractivity contribution in [1.82, 2.24) is 5.32 Å². The fraction of sp³-hybridized carbons (Fsp3) is 0.333. The zero-order chi connectivity index (χ0) is 12.8. The predicted molar refractivity (Wildman–Crippen MR) is 71.2 cm³/mol. The van der Waals surface area contributed by atoms with Crippen molar-refractivity contribution in [2.75, 3.05) is 13.2 Å². The van der Waals surface area contributed by atoms with Crippen molar-refractivity contribution in [3.05, 3.63) is 60.1 Å². The molecular formula is C15H19NO2. The molecule has 2 unspecified atom stereocenters. The van der Waals surface area contributed by atoms with E-state index in [9.17, 15) is 0 Å². The monoisotopic (exact) mass is 245 g/mol. The second-order valence-corrected chi connectivity index (χ2v) is 4.56. The van der Waals surface area contributed by atoms with Gasteiger partial charge in [0.05, 0.1) is 12.3 Å². The van der Waals surface area contributed by atoms with Crippen LogP contribution in [0.5, 0.6) is 0 Å². The van der Waals surface area contributed by atoms with E-state index in [1.54, 1.807) is 6.26 Å². The number of aliphatic hydroxyl groups is 1. The summed E-state index contributed by atoms with van der Waals surface area (Å²) in [6.45, 7) is 2.95. The topological polar surface area (TPSA) is 45.4 Å². The number of hydrogen-bond acceptors (Lipinski definition) is 3. The molecule has 2 atom stereocenters. The summed E-state index contributed by atoms with van der Waals surface area (Å²) in [7, 11) is 0. The molecule has 0 radical (unpaired) electrons. The van der Waals surface area contributed by atoms with E-state index < -0.39 is 0 Å². The van der Waals surface area contributed by atoms with Crippen molar-refractivity contribution in [2.24, 2.45) is 5.92 Å². The molecule has 18 heavy (non-hydrogen) atoms. The number of aliphatic hydroxyl groups excluding tert-OH is 1. The lowest BCUT2D eigenvalue weighted by Gasteiger charge is -2.19. The van der Waals surface area contributed by atoms with E-state index >= 15 is 0 Å². The van der Waals surface area contributed by atoms with Crippen molar-refractivity contribution in [1.29, 1.82) is 0 Å². The molecule has 3 heteroatoms. The molecule has 0 saturated heterocycles. The van der Waals surface area contributed by atoms with E-state index in [0.717, 1.165) is 17.9 Å². The lowest BCUT2D eigenvalue weighted by Crippen LogP contribution is -2.28. The van der Waals surface area contributed by atoms with Gasteiger partial charge in [0, 0.05) is 13.2 Å². The van der Waals surface area contributed by atoms with Crippen LogP contribution in [0.2, 0.25) is 0 Å². The van der Waals surface area contributed by atoms with Crippen molar-refractivity contribution in [2.45, 2.75) is 13.0 Å². The highest BCUT2D eigenvalue weighted by Crippen LogP contribution is 2.22. The summed E-state index contributed by atoms with van der Waals surface area (Å²) in [6, 6.07) is 14.1. The lowest BCUT2D eigenvalue weighted by atomic mass is 10.0. The van der Waals surface area contributed by atoms with Gasteiger partial charge in [-0.3, -0.25) is 0 Å². The summed E-state index contributed by atoms with van der Waals surface area (Å²) in [6.07, 6.45) is 1.68. The van der Waals surface area contributed by atoms with Crippen LogP contribution < -0.4 is 5.32 Å². The van der Waals surface area contributed by atoms with Crippen LogP contribution in [0, 0.1) is 5.92 Å². The second kappa shape index (κ2) is 6.38. The van der Waals surface area contributed by atoms with Crippen LogP contribution in [-0.4, -0.2) is 18.3 Å². The standard InChI is InChI=1S/C15H19NO2/c1-12(11-17)10-16-15(14-8-5-9-18-14)13-6-3-2-4-7-13/h2-9,12,15-17H,10-11H2,1H3. The second-order valence-electron chi connectivity index (χ2n) is 4.56. The normalized spacial score (nSPS) is 14.3. The van der Waals surface area contributed by atoms with Crippen molar-refractivity contribution >= 4 is 0 Å². The van der Waals surface area contributed by atoms with Gasteiger partial charge < -0.3 is 14.8 Å². The fourth-order valence-corrected chi connectivity index (χ4v) is 1.87. The highest BCUT2D eigenvalue weighted by Gasteiger charge is 2.16. The van der Waals surface area contributed by atoms with Crippen LogP contribution in [0.4, 0.5) is 0 Å². The number of hydrogen-bond donors (Lipinski definition) is 2.